The Morgan fingerprint density at radius 2 is 2.21 bits per heavy atom. The number of H-pyrrole nitrogens is 1. The molecule has 9 heteroatoms. The number of aromatic amines is 1. The molecule has 0 saturated heterocycles. The van der Waals surface area contributed by atoms with Gasteiger partial charge in [-0.2, -0.15) is 5.26 Å². The van der Waals surface area contributed by atoms with Gasteiger partial charge < -0.3 is 15.2 Å². The van der Waals surface area contributed by atoms with E-state index in [-0.39, 0.29) is 30.5 Å². The second kappa shape index (κ2) is 6.13. The lowest BCUT2D eigenvalue weighted by atomic mass is 9.69. The van der Waals surface area contributed by atoms with Crippen LogP contribution >= 0.6 is 0 Å². The highest BCUT2D eigenvalue weighted by Gasteiger charge is 2.60. The van der Waals surface area contributed by atoms with Gasteiger partial charge in [-0.15, -0.1) is 5.10 Å². The van der Waals surface area contributed by atoms with Crippen molar-refractivity contribution in [3.05, 3.63) is 52.5 Å². The fourth-order valence-electron chi connectivity index (χ4n) is 3.96. The summed E-state index contributed by atoms with van der Waals surface area (Å²) in [6, 6.07) is 9.02. The fourth-order valence-corrected chi connectivity index (χ4v) is 3.96. The number of nitrogens with one attached hydrogen (secondary N) is 1. The molecule has 2 aliphatic rings. The number of ether oxygens (including phenoxy) is 2. The van der Waals surface area contributed by atoms with E-state index in [9.17, 15) is 14.9 Å². The average molecular weight is 379 g/mol. The number of carbonyl (C=O) groups is 2. The molecule has 0 aliphatic carbocycles. The number of nitriles is 1. The zero-order valence-electron chi connectivity index (χ0n) is 15.3. The van der Waals surface area contributed by atoms with E-state index in [2.05, 4.69) is 10.2 Å². The van der Waals surface area contributed by atoms with E-state index >= 15 is 0 Å². The van der Waals surface area contributed by atoms with Gasteiger partial charge in [0.1, 0.15) is 23.6 Å². The molecule has 1 aromatic heterocycles. The smallest absolute Gasteiger partial charge is 0.326 e. The maximum Gasteiger partial charge on any atom is 0.326 e. The largest absolute Gasteiger partial charge is 0.465 e. The summed E-state index contributed by atoms with van der Waals surface area (Å²) in [5.74, 6) is -1.08. The van der Waals surface area contributed by atoms with Gasteiger partial charge in [-0.3, -0.25) is 19.6 Å². The van der Waals surface area contributed by atoms with Crippen LogP contribution in [0.4, 0.5) is 5.69 Å². The van der Waals surface area contributed by atoms with Crippen LogP contribution in [-0.4, -0.2) is 35.2 Å². The summed E-state index contributed by atoms with van der Waals surface area (Å²) in [6.07, 6.45) is 0. The molecular weight excluding hydrogens is 362 g/mol. The van der Waals surface area contributed by atoms with Gasteiger partial charge in [0.05, 0.1) is 12.2 Å². The van der Waals surface area contributed by atoms with E-state index in [0.29, 0.717) is 22.5 Å². The average Bonchev–Trinajstić information content (AvgIpc) is 3.15. The van der Waals surface area contributed by atoms with Crippen LogP contribution in [0.1, 0.15) is 23.7 Å². The van der Waals surface area contributed by atoms with E-state index in [0.717, 1.165) is 0 Å². The van der Waals surface area contributed by atoms with Crippen molar-refractivity contribution in [2.24, 2.45) is 5.73 Å². The molecule has 2 aromatic rings. The summed E-state index contributed by atoms with van der Waals surface area (Å²) in [7, 11) is 0. The van der Waals surface area contributed by atoms with Gasteiger partial charge in [-0.05, 0) is 19.9 Å². The molecule has 0 saturated carbocycles. The Balaban J connectivity index is 2.01. The minimum atomic E-state index is -1.54. The van der Waals surface area contributed by atoms with Crippen LogP contribution in [-0.2, 0) is 19.7 Å². The standard InChI is InChI=1S/C19H17N5O4/c1-3-27-14(25)9-24-13-7-5-4-6-11(13)19(18(24)26)12(8-20)16(21)28-17-15(19)10(2)22-23-17/h4-7H,3,9,21H2,1-2H3,(H,22,23)/t19-/m0/s1. The van der Waals surface area contributed by atoms with Gasteiger partial charge in [-0.25, -0.2) is 0 Å². The lowest BCUT2D eigenvalue weighted by molar-refractivity contribution is -0.142. The Bertz CT molecular complexity index is 1080. The molecule has 9 nitrogen and oxygen atoms in total. The molecule has 0 bridgehead atoms. The minimum absolute atomic E-state index is 0.0340. The number of anilines is 1. The first kappa shape index (κ1) is 17.6. The number of esters is 1. The van der Waals surface area contributed by atoms with Gasteiger partial charge in [-0.1, -0.05) is 18.2 Å². The highest BCUT2D eigenvalue weighted by Crippen LogP contribution is 2.55. The van der Waals surface area contributed by atoms with Crippen molar-refractivity contribution in [3.8, 4) is 11.9 Å². The number of hydrogen-bond donors (Lipinski definition) is 2. The van der Waals surface area contributed by atoms with Crippen molar-refractivity contribution >= 4 is 17.6 Å². The molecule has 1 spiro atoms. The molecule has 0 unspecified atom stereocenters. The predicted octanol–water partition coefficient (Wildman–Crippen LogP) is 1.00. The van der Waals surface area contributed by atoms with Gasteiger partial charge in [0.15, 0.2) is 0 Å². The van der Waals surface area contributed by atoms with Crippen LogP contribution in [0.25, 0.3) is 0 Å². The summed E-state index contributed by atoms with van der Waals surface area (Å²) in [6.45, 7) is 3.34. The quantitative estimate of drug-likeness (QED) is 0.760. The molecule has 28 heavy (non-hydrogen) atoms. The molecule has 4 rings (SSSR count). The van der Waals surface area contributed by atoms with E-state index in [1.807, 2.05) is 6.07 Å². The number of nitrogens with two attached hydrogens (primary N) is 1. The van der Waals surface area contributed by atoms with E-state index in [4.69, 9.17) is 15.2 Å². The normalized spacial score (nSPS) is 19.9. The van der Waals surface area contributed by atoms with Crippen molar-refractivity contribution in [2.45, 2.75) is 19.3 Å². The van der Waals surface area contributed by atoms with E-state index in [1.54, 1.807) is 38.1 Å². The summed E-state index contributed by atoms with van der Waals surface area (Å²) in [5, 5.41) is 16.8. The number of benzene rings is 1. The molecule has 1 atom stereocenters. The summed E-state index contributed by atoms with van der Waals surface area (Å²) < 4.78 is 10.5. The third-order valence-corrected chi connectivity index (χ3v) is 4.99. The lowest BCUT2D eigenvalue weighted by Crippen LogP contribution is -2.47. The van der Waals surface area contributed by atoms with Crippen LogP contribution in [0.3, 0.4) is 0 Å². The molecule has 1 aromatic carbocycles. The molecule has 2 aliphatic heterocycles. The number of rotatable bonds is 3. The van der Waals surface area contributed by atoms with Crippen molar-refractivity contribution < 1.29 is 19.1 Å². The molecule has 1 amide bonds. The van der Waals surface area contributed by atoms with Crippen molar-refractivity contribution in [1.82, 2.24) is 10.2 Å². The highest BCUT2D eigenvalue weighted by molar-refractivity contribution is 6.15. The molecule has 0 fully saturated rings. The van der Waals surface area contributed by atoms with Gasteiger partial charge in [0.25, 0.3) is 0 Å². The molecule has 3 heterocycles. The van der Waals surface area contributed by atoms with Crippen LogP contribution in [0, 0.1) is 18.3 Å². The second-order valence-corrected chi connectivity index (χ2v) is 6.45. The maximum atomic E-state index is 13.8. The first-order valence-electron chi connectivity index (χ1n) is 8.67. The molecule has 3 N–H and O–H groups in total. The zero-order valence-corrected chi connectivity index (χ0v) is 15.3. The lowest BCUT2D eigenvalue weighted by Gasteiger charge is -2.32. The Morgan fingerprint density at radius 3 is 2.93 bits per heavy atom. The van der Waals surface area contributed by atoms with Gasteiger partial charge >= 0.3 is 5.97 Å². The van der Waals surface area contributed by atoms with Gasteiger partial charge in [0.2, 0.25) is 17.7 Å². The van der Waals surface area contributed by atoms with Crippen LogP contribution in [0.5, 0.6) is 5.88 Å². The predicted molar refractivity (Wildman–Crippen MR) is 97.0 cm³/mol. The minimum Gasteiger partial charge on any atom is -0.465 e. The van der Waals surface area contributed by atoms with Crippen LogP contribution < -0.4 is 15.4 Å². The van der Waals surface area contributed by atoms with Crippen LogP contribution in [0.2, 0.25) is 0 Å². The number of nitrogens with zero attached hydrogens (tertiary/aromatic N) is 3. The number of hydrogen-bond acceptors (Lipinski definition) is 7. The fraction of sp³-hybridized carbons (Fsp3) is 0.263. The number of amides is 1. The van der Waals surface area contributed by atoms with Crippen molar-refractivity contribution in [3.63, 3.8) is 0 Å². The maximum absolute atomic E-state index is 13.8. The number of aromatic nitrogens is 2. The first-order valence-corrected chi connectivity index (χ1v) is 8.67. The van der Waals surface area contributed by atoms with E-state index in [1.165, 1.54) is 4.90 Å². The van der Waals surface area contributed by atoms with Crippen molar-refractivity contribution in [2.75, 3.05) is 18.1 Å². The molecule has 142 valence electrons. The molecule has 0 radical (unpaired) electrons. The third-order valence-electron chi connectivity index (χ3n) is 4.99. The first-order chi connectivity index (χ1) is 13.5. The Morgan fingerprint density at radius 1 is 1.46 bits per heavy atom. The van der Waals surface area contributed by atoms with Crippen molar-refractivity contribution in [1.29, 1.82) is 5.26 Å². The number of aryl methyl sites for hydroxylation is 1. The Labute approximate surface area is 160 Å². The summed E-state index contributed by atoms with van der Waals surface area (Å²) in [4.78, 5) is 27.2. The summed E-state index contributed by atoms with van der Waals surface area (Å²) in [5.41, 5.74) is 6.46. The zero-order chi connectivity index (χ0) is 20.1. The Kier molecular flexibility index (Phi) is 3.85. The third kappa shape index (κ3) is 2.08. The number of fused-ring (bicyclic) bond motifs is 4. The molecular formula is C19H17N5O4. The van der Waals surface area contributed by atoms with Crippen LogP contribution in [0.15, 0.2) is 35.7 Å². The van der Waals surface area contributed by atoms with E-state index < -0.39 is 17.3 Å². The van der Waals surface area contributed by atoms with Gasteiger partial charge in [0, 0.05) is 16.9 Å². The summed E-state index contributed by atoms with van der Waals surface area (Å²) >= 11 is 0. The highest BCUT2D eigenvalue weighted by atomic mass is 16.5. The topological polar surface area (TPSA) is 134 Å². The number of para-hydroxylation sites is 1. The monoisotopic (exact) mass is 379 g/mol. The number of carbonyl (C=O) groups excluding carboxylic acids is 2. The second-order valence-electron chi connectivity index (χ2n) is 6.45. The SMILES string of the molecule is CCOC(=O)CN1C(=O)[C@]2(C(C#N)=C(N)Oc3n[nH]c(C)c32)c2ccccc21. The Hall–Kier alpha value is -3.80.